The molecule has 2 aromatic carbocycles. The summed E-state index contributed by atoms with van der Waals surface area (Å²) in [6, 6.07) is 25.5. The average Bonchev–Trinajstić information content (AvgIpc) is 3.78. The van der Waals surface area contributed by atoms with Crippen molar-refractivity contribution in [2.24, 2.45) is 0 Å². The largest absolute Gasteiger partial charge is 0.348 e. The summed E-state index contributed by atoms with van der Waals surface area (Å²) in [6.07, 6.45) is 3.79. The van der Waals surface area contributed by atoms with Gasteiger partial charge >= 0.3 is 0 Å². The first kappa shape index (κ1) is 22.0. The summed E-state index contributed by atoms with van der Waals surface area (Å²) in [5, 5.41) is 33.8. The highest BCUT2D eigenvalue weighted by atomic mass is 15.6. The molecule has 2 aliphatic heterocycles. The molecule has 1 fully saturated rings. The van der Waals surface area contributed by atoms with Gasteiger partial charge in [-0.25, -0.2) is 0 Å². The molecule has 2 unspecified atom stereocenters. The van der Waals surface area contributed by atoms with E-state index in [2.05, 4.69) is 102 Å². The van der Waals surface area contributed by atoms with E-state index in [1.54, 1.807) is 4.63 Å². The number of rotatable bonds is 5. The molecule has 0 spiro atoms. The normalized spacial score (nSPS) is 18.9. The van der Waals surface area contributed by atoms with Crippen molar-refractivity contribution in [3.05, 3.63) is 89.5 Å². The number of hydrogen-bond acceptors (Lipinski definition) is 10. The Morgan fingerprint density at radius 3 is 2.56 bits per heavy atom. The Balaban J connectivity index is 1.19. The lowest BCUT2D eigenvalue weighted by molar-refractivity contribution is 0.649. The number of benzene rings is 2. The lowest BCUT2D eigenvalue weighted by Gasteiger charge is -2.28. The number of fused-ring (bicyclic) bond motifs is 3. The van der Waals surface area contributed by atoms with Gasteiger partial charge in [0.15, 0.2) is 17.3 Å². The molecule has 0 amide bonds. The third kappa shape index (κ3) is 3.67. The monoisotopic (exact) mass is 516 g/mol. The molecular formula is C27H24N12. The van der Waals surface area contributed by atoms with Crippen molar-refractivity contribution in [2.45, 2.75) is 37.8 Å². The van der Waals surface area contributed by atoms with Crippen LogP contribution in [0.2, 0.25) is 0 Å². The summed E-state index contributed by atoms with van der Waals surface area (Å²) in [5.74, 6) is 1.68. The zero-order chi connectivity index (χ0) is 25.8. The summed E-state index contributed by atoms with van der Waals surface area (Å²) in [5.41, 5.74) is 6.04. The molecule has 0 bridgehead atoms. The van der Waals surface area contributed by atoms with E-state index in [4.69, 9.17) is 10.2 Å². The standard InChI is InChI=1S/C27H24N12/c1-2-7-18(8-3-1)22-11-6-14-36(22)26-17-20(27-29-33-35-39(27)31-26)16-21-15-19-9-4-5-10-23(19)37(21)25-13-12-24-28-32-34-38(24)30-25/h1-5,7-10,12-13,17,21-22H,6,11,14-16H2. The smallest absolute Gasteiger partial charge is 0.203 e. The van der Waals surface area contributed by atoms with Crippen molar-refractivity contribution < 1.29 is 0 Å². The van der Waals surface area contributed by atoms with Gasteiger partial charge in [-0.15, -0.1) is 29.7 Å². The molecule has 6 heterocycles. The first-order chi connectivity index (χ1) is 19.3. The van der Waals surface area contributed by atoms with Gasteiger partial charge in [-0.1, -0.05) is 48.5 Å². The molecule has 8 rings (SSSR count). The molecular weight excluding hydrogens is 492 g/mol. The molecule has 192 valence electrons. The van der Waals surface area contributed by atoms with Gasteiger partial charge in [0.25, 0.3) is 0 Å². The quantitative estimate of drug-likeness (QED) is 0.338. The minimum atomic E-state index is 0.100. The Bertz CT molecular complexity index is 1800. The number of nitrogens with zero attached hydrogens (tertiary/aromatic N) is 12. The van der Waals surface area contributed by atoms with Gasteiger partial charge in [0, 0.05) is 23.8 Å². The molecule has 12 heteroatoms. The molecule has 0 aliphatic carbocycles. The van der Waals surface area contributed by atoms with Crippen molar-refractivity contribution in [1.29, 1.82) is 0 Å². The van der Waals surface area contributed by atoms with Crippen LogP contribution in [-0.4, -0.2) is 63.1 Å². The van der Waals surface area contributed by atoms with E-state index in [9.17, 15) is 0 Å². The Kier molecular flexibility index (Phi) is 4.96. The van der Waals surface area contributed by atoms with Gasteiger partial charge in [-0.05, 0) is 81.9 Å². The molecule has 6 aromatic rings. The molecule has 12 nitrogen and oxygen atoms in total. The summed E-state index contributed by atoms with van der Waals surface area (Å²) < 4.78 is 3.04. The van der Waals surface area contributed by atoms with Crippen molar-refractivity contribution in [3.8, 4) is 0 Å². The van der Waals surface area contributed by atoms with Crippen LogP contribution in [0.4, 0.5) is 17.3 Å². The van der Waals surface area contributed by atoms with Gasteiger partial charge in [0.1, 0.15) is 0 Å². The number of hydrogen-bond donors (Lipinski definition) is 0. The second kappa shape index (κ2) is 8.79. The van der Waals surface area contributed by atoms with Crippen LogP contribution in [0.5, 0.6) is 0 Å². The van der Waals surface area contributed by atoms with E-state index in [-0.39, 0.29) is 12.1 Å². The molecule has 0 radical (unpaired) electrons. The fourth-order valence-electron chi connectivity index (χ4n) is 6.10. The molecule has 4 aromatic heterocycles. The average molecular weight is 517 g/mol. The first-order valence-electron chi connectivity index (χ1n) is 13.1. The number of anilines is 3. The zero-order valence-electron chi connectivity index (χ0n) is 21.0. The second-order valence-electron chi connectivity index (χ2n) is 10.1. The highest BCUT2D eigenvalue weighted by Gasteiger charge is 2.33. The van der Waals surface area contributed by atoms with Gasteiger partial charge < -0.3 is 9.80 Å². The van der Waals surface area contributed by atoms with Gasteiger partial charge in [-0.2, -0.15) is 0 Å². The van der Waals surface area contributed by atoms with E-state index in [0.717, 1.165) is 48.7 Å². The van der Waals surface area contributed by atoms with Gasteiger partial charge in [0.2, 0.25) is 5.65 Å². The minimum absolute atomic E-state index is 0.100. The maximum Gasteiger partial charge on any atom is 0.203 e. The van der Waals surface area contributed by atoms with E-state index >= 15 is 0 Å². The van der Waals surface area contributed by atoms with E-state index in [0.29, 0.717) is 17.7 Å². The van der Waals surface area contributed by atoms with Crippen LogP contribution >= 0.6 is 0 Å². The molecule has 0 N–H and O–H groups in total. The summed E-state index contributed by atoms with van der Waals surface area (Å²) in [4.78, 5) is 4.66. The van der Waals surface area contributed by atoms with Crippen molar-refractivity contribution >= 4 is 28.6 Å². The SMILES string of the molecule is c1ccc(C2CCCN2c2cc(CC3Cc4ccccc4N3c3ccc4nnnn4n3)c3nnnn3n2)cc1. The topological polar surface area (TPSA) is 118 Å². The molecule has 2 aliphatic rings. The molecule has 2 atom stereocenters. The molecule has 0 saturated carbocycles. The summed E-state index contributed by atoms with van der Waals surface area (Å²) in [6.45, 7) is 0.941. The van der Waals surface area contributed by atoms with Gasteiger partial charge in [0.05, 0.1) is 6.04 Å². The minimum Gasteiger partial charge on any atom is -0.348 e. The highest BCUT2D eigenvalue weighted by molar-refractivity contribution is 5.70. The predicted molar refractivity (Wildman–Crippen MR) is 143 cm³/mol. The summed E-state index contributed by atoms with van der Waals surface area (Å²) in [7, 11) is 0. The summed E-state index contributed by atoms with van der Waals surface area (Å²) >= 11 is 0. The van der Waals surface area contributed by atoms with Crippen LogP contribution in [-0.2, 0) is 12.8 Å². The van der Waals surface area contributed by atoms with E-state index in [1.165, 1.54) is 15.8 Å². The van der Waals surface area contributed by atoms with E-state index < -0.39 is 0 Å². The number of aromatic nitrogens is 10. The zero-order valence-corrected chi connectivity index (χ0v) is 21.0. The van der Waals surface area contributed by atoms with E-state index in [1.807, 2.05) is 12.1 Å². The Labute approximate surface area is 222 Å². The van der Waals surface area contributed by atoms with Crippen LogP contribution in [0.25, 0.3) is 11.3 Å². The molecule has 39 heavy (non-hydrogen) atoms. The Hall–Kier alpha value is -5.00. The number of para-hydroxylation sites is 1. The Morgan fingerprint density at radius 1 is 0.795 bits per heavy atom. The third-order valence-electron chi connectivity index (χ3n) is 7.80. The van der Waals surface area contributed by atoms with Crippen LogP contribution in [0.1, 0.15) is 35.6 Å². The Morgan fingerprint density at radius 2 is 1.62 bits per heavy atom. The first-order valence-corrected chi connectivity index (χ1v) is 13.1. The van der Waals surface area contributed by atoms with Crippen molar-refractivity contribution in [2.75, 3.05) is 16.3 Å². The van der Waals surface area contributed by atoms with Gasteiger partial charge in [-0.3, -0.25) is 0 Å². The molecule has 1 saturated heterocycles. The van der Waals surface area contributed by atoms with Crippen LogP contribution in [0.3, 0.4) is 0 Å². The lowest BCUT2D eigenvalue weighted by Crippen LogP contribution is -2.31. The van der Waals surface area contributed by atoms with Crippen LogP contribution in [0.15, 0.2) is 72.8 Å². The van der Waals surface area contributed by atoms with Crippen LogP contribution in [0, 0.1) is 0 Å². The fraction of sp³-hybridized carbons (Fsp3) is 0.259. The fourth-order valence-corrected chi connectivity index (χ4v) is 6.10. The predicted octanol–water partition coefficient (Wildman–Crippen LogP) is 3.00. The lowest BCUT2D eigenvalue weighted by atomic mass is 10.0. The van der Waals surface area contributed by atoms with Crippen molar-refractivity contribution in [1.82, 2.24) is 50.5 Å². The highest BCUT2D eigenvalue weighted by Crippen LogP contribution is 2.40. The van der Waals surface area contributed by atoms with Crippen LogP contribution < -0.4 is 9.80 Å². The second-order valence-corrected chi connectivity index (χ2v) is 10.1. The third-order valence-corrected chi connectivity index (χ3v) is 7.80. The number of tetrazole rings is 2. The van der Waals surface area contributed by atoms with Crippen molar-refractivity contribution in [3.63, 3.8) is 0 Å². The maximum absolute atomic E-state index is 4.83. The maximum atomic E-state index is 4.83.